The zero-order valence-corrected chi connectivity index (χ0v) is 11.5. The van der Waals surface area contributed by atoms with E-state index in [1.807, 2.05) is 0 Å². The van der Waals surface area contributed by atoms with Gasteiger partial charge in [-0.15, -0.1) is 0 Å². The SMILES string of the molecule is COC(c1noc(CNC2CCCC2)n1)C(C)C. The predicted molar refractivity (Wildman–Crippen MR) is 68.0 cm³/mol. The third-order valence-corrected chi connectivity index (χ3v) is 3.49. The summed E-state index contributed by atoms with van der Waals surface area (Å²) in [5, 5.41) is 7.46. The minimum Gasteiger partial charge on any atom is -0.373 e. The summed E-state index contributed by atoms with van der Waals surface area (Å²) in [4.78, 5) is 4.40. The molecule has 1 aliphatic carbocycles. The molecule has 102 valence electrons. The molecule has 1 unspecified atom stereocenters. The van der Waals surface area contributed by atoms with Crippen LogP contribution < -0.4 is 5.32 Å². The molecule has 0 bridgehead atoms. The molecule has 1 aromatic rings. The summed E-state index contributed by atoms with van der Waals surface area (Å²) in [7, 11) is 1.68. The molecule has 0 saturated heterocycles. The van der Waals surface area contributed by atoms with E-state index in [1.165, 1.54) is 25.7 Å². The van der Waals surface area contributed by atoms with Gasteiger partial charge in [0.15, 0.2) is 0 Å². The van der Waals surface area contributed by atoms with Gasteiger partial charge in [-0.2, -0.15) is 4.98 Å². The van der Waals surface area contributed by atoms with Gasteiger partial charge < -0.3 is 14.6 Å². The van der Waals surface area contributed by atoms with Crippen LogP contribution in [-0.4, -0.2) is 23.3 Å². The summed E-state index contributed by atoms with van der Waals surface area (Å²) < 4.78 is 10.6. The van der Waals surface area contributed by atoms with Gasteiger partial charge >= 0.3 is 0 Å². The van der Waals surface area contributed by atoms with Crippen LogP contribution in [0.1, 0.15) is 57.3 Å². The van der Waals surface area contributed by atoms with Crippen molar-refractivity contribution in [3.63, 3.8) is 0 Å². The molecule has 1 heterocycles. The van der Waals surface area contributed by atoms with Crippen molar-refractivity contribution in [2.75, 3.05) is 7.11 Å². The van der Waals surface area contributed by atoms with E-state index in [2.05, 4.69) is 29.3 Å². The van der Waals surface area contributed by atoms with E-state index in [9.17, 15) is 0 Å². The third-order valence-electron chi connectivity index (χ3n) is 3.49. The lowest BCUT2D eigenvalue weighted by Crippen LogP contribution is -2.25. The van der Waals surface area contributed by atoms with Crippen molar-refractivity contribution in [2.45, 2.75) is 58.2 Å². The summed E-state index contributed by atoms with van der Waals surface area (Å²) in [6.45, 7) is 4.83. The van der Waals surface area contributed by atoms with Crippen LogP contribution in [0, 0.1) is 5.92 Å². The molecule has 2 rings (SSSR count). The average Bonchev–Trinajstić information content (AvgIpc) is 2.97. The van der Waals surface area contributed by atoms with Gasteiger partial charge in [0.2, 0.25) is 11.7 Å². The second-order valence-corrected chi connectivity index (χ2v) is 5.31. The first-order chi connectivity index (χ1) is 8.70. The normalized spacial score (nSPS) is 18.7. The fourth-order valence-electron chi connectivity index (χ4n) is 2.49. The molecule has 0 amide bonds. The molecule has 18 heavy (non-hydrogen) atoms. The fraction of sp³-hybridized carbons (Fsp3) is 0.846. The Morgan fingerprint density at radius 3 is 2.72 bits per heavy atom. The summed E-state index contributed by atoms with van der Waals surface area (Å²) >= 11 is 0. The van der Waals surface area contributed by atoms with Gasteiger partial charge in [0, 0.05) is 13.2 Å². The van der Waals surface area contributed by atoms with Crippen molar-refractivity contribution < 1.29 is 9.26 Å². The fourth-order valence-corrected chi connectivity index (χ4v) is 2.49. The van der Waals surface area contributed by atoms with E-state index in [1.54, 1.807) is 7.11 Å². The highest BCUT2D eigenvalue weighted by Crippen LogP contribution is 2.22. The van der Waals surface area contributed by atoms with Crippen LogP contribution in [0.25, 0.3) is 0 Å². The van der Waals surface area contributed by atoms with E-state index < -0.39 is 0 Å². The molecule has 5 heteroatoms. The summed E-state index contributed by atoms with van der Waals surface area (Å²) in [5.41, 5.74) is 0. The monoisotopic (exact) mass is 253 g/mol. The zero-order chi connectivity index (χ0) is 13.0. The number of hydrogen-bond donors (Lipinski definition) is 1. The Bertz CT molecular complexity index is 359. The molecule has 1 aliphatic rings. The molecule has 5 nitrogen and oxygen atoms in total. The van der Waals surface area contributed by atoms with Crippen LogP contribution in [0.4, 0.5) is 0 Å². The maximum absolute atomic E-state index is 5.38. The number of rotatable bonds is 6. The lowest BCUT2D eigenvalue weighted by Gasteiger charge is -2.14. The molecule has 0 radical (unpaired) electrons. The van der Waals surface area contributed by atoms with Gasteiger partial charge in [-0.3, -0.25) is 0 Å². The van der Waals surface area contributed by atoms with Gasteiger partial charge in [-0.1, -0.05) is 31.8 Å². The molecular weight excluding hydrogens is 230 g/mol. The Hall–Kier alpha value is -0.940. The number of nitrogens with one attached hydrogen (secondary N) is 1. The zero-order valence-electron chi connectivity index (χ0n) is 11.5. The second-order valence-electron chi connectivity index (χ2n) is 5.31. The molecule has 1 saturated carbocycles. The maximum atomic E-state index is 5.38. The Balaban J connectivity index is 1.88. The number of methoxy groups -OCH3 is 1. The van der Waals surface area contributed by atoms with Crippen LogP contribution in [0.2, 0.25) is 0 Å². The van der Waals surface area contributed by atoms with Crippen molar-refractivity contribution in [3.05, 3.63) is 11.7 Å². The van der Waals surface area contributed by atoms with E-state index in [0.29, 0.717) is 30.2 Å². The lowest BCUT2D eigenvalue weighted by molar-refractivity contribution is 0.0555. The number of aromatic nitrogens is 2. The van der Waals surface area contributed by atoms with Crippen LogP contribution in [0.15, 0.2) is 4.52 Å². The topological polar surface area (TPSA) is 60.2 Å². The van der Waals surface area contributed by atoms with Crippen molar-refractivity contribution in [1.29, 1.82) is 0 Å². The summed E-state index contributed by atoms with van der Waals surface area (Å²) in [6, 6.07) is 0.615. The van der Waals surface area contributed by atoms with Crippen LogP contribution in [0.5, 0.6) is 0 Å². The minimum atomic E-state index is -0.0889. The third kappa shape index (κ3) is 3.29. The average molecular weight is 253 g/mol. The van der Waals surface area contributed by atoms with Crippen LogP contribution in [0.3, 0.4) is 0 Å². The van der Waals surface area contributed by atoms with Gasteiger partial charge in [0.1, 0.15) is 6.10 Å². The smallest absolute Gasteiger partial charge is 0.240 e. The molecule has 1 fully saturated rings. The van der Waals surface area contributed by atoms with Crippen LogP contribution >= 0.6 is 0 Å². The standard InChI is InChI=1S/C13H23N3O2/c1-9(2)12(17-3)13-15-11(18-16-13)8-14-10-6-4-5-7-10/h9-10,12,14H,4-8H2,1-3H3. The molecule has 0 spiro atoms. The largest absolute Gasteiger partial charge is 0.373 e. The number of hydrogen-bond acceptors (Lipinski definition) is 5. The van der Waals surface area contributed by atoms with Gasteiger partial charge in [-0.05, 0) is 18.8 Å². The van der Waals surface area contributed by atoms with Crippen molar-refractivity contribution in [2.24, 2.45) is 5.92 Å². The summed E-state index contributed by atoms with van der Waals surface area (Å²) in [5.74, 6) is 1.64. The molecular formula is C13H23N3O2. The molecule has 1 N–H and O–H groups in total. The quantitative estimate of drug-likeness (QED) is 0.843. The molecule has 1 atom stereocenters. The summed E-state index contributed by atoms with van der Waals surface area (Å²) in [6.07, 6.45) is 5.08. The van der Waals surface area contributed by atoms with E-state index >= 15 is 0 Å². The van der Waals surface area contributed by atoms with Crippen molar-refractivity contribution in [3.8, 4) is 0 Å². The second kappa shape index (κ2) is 6.29. The molecule has 0 aliphatic heterocycles. The van der Waals surface area contributed by atoms with Crippen molar-refractivity contribution in [1.82, 2.24) is 15.5 Å². The highest BCUT2D eigenvalue weighted by molar-refractivity contribution is 4.93. The first-order valence-electron chi connectivity index (χ1n) is 6.79. The molecule has 0 aromatic carbocycles. The van der Waals surface area contributed by atoms with E-state index in [-0.39, 0.29) is 6.10 Å². The van der Waals surface area contributed by atoms with Gasteiger partial charge in [-0.25, -0.2) is 0 Å². The van der Waals surface area contributed by atoms with Gasteiger partial charge in [0.25, 0.3) is 0 Å². The molecule has 1 aromatic heterocycles. The first-order valence-corrected chi connectivity index (χ1v) is 6.79. The highest BCUT2D eigenvalue weighted by Gasteiger charge is 2.22. The van der Waals surface area contributed by atoms with Gasteiger partial charge in [0.05, 0.1) is 6.54 Å². The number of ether oxygens (including phenoxy) is 1. The van der Waals surface area contributed by atoms with E-state index in [0.717, 1.165) is 0 Å². The minimum absolute atomic E-state index is 0.0889. The Morgan fingerprint density at radius 1 is 1.39 bits per heavy atom. The number of nitrogens with zero attached hydrogens (tertiary/aromatic N) is 2. The maximum Gasteiger partial charge on any atom is 0.240 e. The van der Waals surface area contributed by atoms with E-state index in [4.69, 9.17) is 9.26 Å². The van der Waals surface area contributed by atoms with Crippen molar-refractivity contribution >= 4 is 0 Å². The Morgan fingerprint density at radius 2 is 2.11 bits per heavy atom. The Labute approximate surface area is 108 Å². The van der Waals surface area contributed by atoms with Crippen LogP contribution in [-0.2, 0) is 11.3 Å². The first kappa shape index (κ1) is 13.5. The lowest BCUT2D eigenvalue weighted by atomic mass is 10.1. The Kier molecular flexibility index (Phi) is 4.72. The highest BCUT2D eigenvalue weighted by atomic mass is 16.5. The predicted octanol–water partition coefficient (Wildman–Crippen LogP) is 2.45.